The van der Waals surface area contributed by atoms with Crippen molar-refractivity contribution in [3.63, 3.8) is 0 Å². The van der Waals surface area contributed by atoms with Gasteiger partial charge in [-0.05, 0) is 48.7 Å². The number of amides is 1. The molecule has 1 aliphatic heterocycles. The molecule has 0 N–H and O–H groups in total. The predicted octanol–water partition coefficient (Wildman–Crippen LogP) is 3.90. The van der Waals surface area contributed by atoms with Gasteiger partial charge in [0, 0.05) is 22.6 Å². The van der Waals surface area contributed by atoms with Crippen molar-refractivity contribution in [2.45, 2.75) is 25.9 Å². The van der Waals surface area contributed by atoms with Crippen LogP contribution in [-0.4, -0.2) is 43.4 Å². The van der Waals surface area contributed by atoms with Crippen molar-refractivity contribution >= 4 is 38.9 Å². The molecule has 2 aromatic carbocycles. The van der Waals surface area contributed by atoms with Crippen molar-refractivity contribution < 1.29 is 17.9 Å². The second kappa shape index (κ2) is 8.72. The standard InChI is InChI=1S/C20H21Cl2NO4S/c1-14-10-16(21)6-7-19(14)27-12-20(24)23(17-8-9-28(25,26)13-17)11-15-4-2-3-5-18(15)22/h2-7,10,17H,8-9,11-13H2,1H3/t17-/m0/s1. The maximum absolute atomic E-state index is 12.9. The van der Waals surface area contributed by atoms with Crippen LogP contribution in [0, 0.1) is 6.92 Å². The lowest BCUT2D eigenvalue weighted by molar-refractivity contribution is -0.136. The summed E-state index contributed by atoms with van der Waals surface area (Å²) in [5.74, 6) is 0.329. The molecule has 0 saturated carbocycles. The molecule has 150 valence electrons. The van der Waals surface area contributed by atoms with E-state index < -0.39 is 9.84 Å². The van der Waals surface area contributed by atoms with Crippen LogP contribution in [-0.2, 0) is 21.2 Å². The Bertz CT molecular complexity index is 978. The van der Waals surface area contributed by atoms with Crippen molar-refractivity contribution in [2.24, 2.45) is 0 Å². The van der Waals surface area contributed by atoms with E-state index in [1.807, 2.05) is 25.1 Å². The third-order valence-corrected chi connectivity index (χ3v) is 7.11. The highest BCUT2D eigenvalue weighted by Gasteiger charge is 2.35. The molecule has 28 heavy (non-hydrogen) atoms. The first-order chi connectivity index (χ1) is 13.2. The van der Waals surface area contributed by atoms with Gasteiger partial charge < -0.3 is 9.64 Å². The number of rotatable bonds is 6. The summed E-state index contributed by atoms with van der Waals surface area (Å²) >= 11 is 12.2. The van der Waals surface area contributed by atoms with Gasteiger partial charge in [-0.3, -0.25) is 4.79 Å². The number of hydrogen-bond acceptors (Lipinski definition) is 4. The minimum atomic E-state index is -3.14. The van der Waals surface area contributed by atoms with Crippen molar-refractivity contribution in [1.29, 1.82) is 0 Å². The van der Waals surface area contributed by atoms with E-state index >= 15 is 0 Å². The zero-order chi connectivity index (χ0) is 20.3. The molecule has 1 atom stereocenters. The van der Waals surface area contributed by atoms with Gasteiger partial charge in [-0.15, -0.1) is 0 Å². The molecule has 0 unspecified atom stereocenters. The Hall–Kier alpha value is -1.76. The summed E-state index contributed by atoms with van der Waals surface area (Å²) in [6.07, 6.45) is 0.415. The quantitative estimate of drug-likeness (QED) is 0.681. The molecule has 1 heterocycles. The Labute approximate surface area is 175 Å². The summed E-state index contributed by atoms with van der Waals surface area (Å²) in [5, 5.41) is 1.13. The second-order valence-electron chi connectivity index (χ2n) is 6.87. The molecule has 0 spiro atoms. The first-order valence-corrected chi connectivity index (χ1v) is 11.4. The van der Waals surface area contributed by atoms with E-state index in [-0.39, 0.29) is 36.6 Å². The summed E-state index contributed by atoms with van der Waals surface area (Å²) in [4.78, 5) is 14.5. The van der Waals surface area contributed by atoms with Gasteiger partial charge in [0.05, 0.1) is 11.5 Å². The van der Waals surface area contributed by atoms with Crippen molar-refractivity contribution in [3.8, 4) is 5.75 Å². The van der Waals surface area contributed by atoms with Crippen LogP contribution in [0.15, 0.2) is 42.5 Å². The van der Waals surface area contributed by atoms with Crippen molar-refractivity contribution in [3.05, 3.63) is 63.6 Å². The van der Waals surface area contributed by atoms with Crippen LogP contribution in [0.5, 0.6) is 5.75 Å². The minimum Gasteiger partial charge on any atom is -0.483 e. The molecule has 5 nitrogen and oxygen atoms in total. The third kappa shape index (κ3) is 5.19. The molecule has 0 aromatic heterocycles. The Morgan fingerprint density at radius 2 is 1.96 bits per heavy atom. The molecule has 1 aliphatic rings. The summed E-state index contributed by atoms with van der Waals surface area (Å²) in [6.45, 7) is 1.89. The molecule has 2 aromatic rings. The van der Waals surface area contributed by atoms with Crippen LogP contribution in [0.4, 0.5) is 0 Å². The zero-order valence-electron chi connectivity index (χ0n) is 15.4. The van der Waals surface area contributed by atoms with E-state index in [4.69, 9.17) is 27.9 Å². The van der Waals surface area contributed by atoms with Crippen LogP contribution < -0.4 is 4.74 Å². The highest BCUT2D eigenvalue weighted by molar-refractivity contribution is 7.91. The first kappa shape index (κ1) is 21.0. The van der Waals surface area contributed by atoms with Crippen LogP contribution in [0.1, 0.15) is 17.5 Å². The van der Waals surface area contributed by atoms with E-state index in [0.717, 1.165) is 11.1 Å². The van der Waals surface area contributed by atoms with Crippen LogP contribution in [0.3, 0.4) is 0 Å². The molecule has 8 heteroatoms. The van der Waals surface area contributed by atoms with Gasteiger partial charge in [0.15, 0.2) is 16.4 Å². The predicted molar refractivity (Wildman–Crippen MR) is 111 cm³/mol. The van der Waals surface area contributed by atoms with Crippen LogP contribution in [0.25, 0.3) is 0 Å². The zero-order valence-corrected chi connectivity index (χ0v) is 17.7. The molecule has 3 rings (SSSR count). The Morgan fingerprint density at radius 3 is 2.61 bits per heavy atom. The summed E-state index contributed by atoms with van der Waals surface area (Å²) < 4.78 is 29.6. The maximum atomic E-state index is 12.9. The lowest BCUT2D eigenvalue weighted by Crippen LogP contribution is -2.43. The van der Waals surface area contributed by atoms with Gasteiger partial charge in [0.1, 0.15) is 5.75 Å². The maximum Gasteiger partial charge on any atom is 0.261 e. The number of halogens is 2. The number of hydrogen-bond donors (Lipinski definition) is 0. The Morgan fingerprint density at radius 1 is 1.21 bits per heavy atom. The van der Waals surface area contributed by atoms with E-state index in [1.165, 1.54) is 0 Å². The lowest BCUT2D eigenvalue weighted by atomic mass is 10.1. The van der Waals surface area contributed by atoms with Gasteiger partial charge >= 0.3 is 0 Å². The monoisotopic (exact) mass is 441 g/mol. The number of carbonyl (C=O) groups is 1. The van der Waals surface area contributed by atoms with Crippen LogP contribution in [0.2, 0.25) is 10.0 Å². The lowest BCUT2D eigenvalue weighted by Gasteiger charge is -2.29. The molecule has 0 bridgehead atoms. The smallest absolute Gasteiger partial charge is 0.261 e. The Kier molecular flexibility index (Phi) is 6.53. The number of benzene rings is 2. The average Bonchev–Trinajstić information content (AvgIpc) is 2.99. The van der Waals surface area contributed by atoms with E-state index in [9.17, 15) is 13.2 Å². The highest BCUT2D eigenvalue weighted by Crippen LogP contribution is 2.25. The Balaban J connectivity index is 1.77. The second-order valence-corrected chi connectivity index (χ2v) is 9.94. The van der Waals surface area contributed by atoms with Crippen LogP contribution >= 0.6 is 23.2 Å². The topological polar surface area (TPSA) is 63.7 Å². The molecule has 0 radical (unpaired) electrons. The number of aryl methyl sites for hydroxylation is 1. The normalized spacial score (nSPS) is 18.0. The van der Waals surface area contributed by atoms with Gasteiger partial charge in [-0.25, -0.2) is 8.42 Å². The highest BCUT2D eigenvalue weighted by atomic mass is 35.5. The molecular weight excluding hydrogens is 421 g/mol. The van der Waals surface area contributed by atoms with E-state index in [2.05, 4.69) is 0 Å². The third-order valence-electron chi connectivity index (χ3n) is 4.76. The fourth-order valence-corrected chi connectivity index (χ4v) is 5.40. The van der Waals surface area contributed by atoms with Gasteiger partial charge in [0.25, 0.3) is 5.91 Å². The summed E-state index contributed by atoms with van der Waals surface area (Å²) in [7, 11) is -3.14. The summed E-state index contributed by atoms with van der Waals surface area (Å²) in [5.41, 5.74) is 1.59. The van der Waals surface area contributed by atoms with Crippen molar-refractivity contribution in [1.82, 2.24) is 4.90 Å². The summed E-state index contributed by atoms with van der Waals surface area (Å²) in [6, 6.07) is 12.0. The van der Waals surface area contributed by atoms with Gasteiger partial charge in [-0.1, -0.05) is 41.4 Å². The molecule has 1 saturated heterocycles. The minimum absolute atomic E-state index is 0.0385. The number of carbonyl (C=O) groups excluding carboxylic acids is 1. The fourth-order valence-electron chi connectivity index (χ4n) is 3.25. The van der Waals surface area contributed by atoms with Gasteiger partial charge in [0.2, 0.25) is 0 Å². The number of sulfone groups is 1. The molecular formula is C20H21Cl2NO4S. The molecule has 1 fully saturated rings. The number of ether oxygens (including phenoxy) is 1. The number of nitrogens with zero attached hydrogens (tertiary/aromatic N) is 1. The van der Waals surface area contributed by atoms with E-state index in [1.54, 1.807) is 29.2 Å². The van der Waals surface area contributed by atoms with Gasteiger partial charge in [-0.2, -0.15) is 0 Å². The van der Waals surface area contributed by atoms with E-state index in [0.29, 0.717) is 22.2 Å². The largest absolute Gasteiger partial charge is 0.483 e. The van der Waals surface area contributed by atoms with Crippen molar-refractivity contribution in [2.75, 3.05) is 18.1 Å². The fraction of sp³-hybridized carbons (Fsp3) is 0.350. The SMILES string of the molecule is Cc1cc(Cl)ccc1OCC(=O)N(Cc1ccccc1Cl)[C@H]1CCS(=O)(=O)C1. The average molecular weight is 442 g/mol. The molecule has 0 aliphatic carbocycles. The first-order valence-electron chi connectivity index (χ1n) is 8.87. The molecule has 1 amide bonds.